The van der Waals surface area contributed by atoms with Crippen molar-refractivity contribution in [2.45, 2.75) is 19.4 Å². The fourth-order valence-electron chi connectivity index (χ4n) is 1.40. The number of hydrogen-bond donors (Lipinski definition) is 2. The van der Waals surface area contributed by atoms with Crippen LogP contribution in [0.5, 0.6) is 0 Å². The Morgan fingerprint density at radius 3 is 3.06 bits per heavy atom. The van der Waals surface area contributed by atoms with Crippen molar-refractivity contribution in [3.63, 3.8) is 0 Å². The van der Waals surface area contributed by atoms with Crippen LogP contribution in [0.1, 0.15) is 11.3 Å². The van der Waals surface area contributed by atoms with Gasteiger partial charge >= 0.3 is 0 Å². The molecule has 1 unspecified atom stereocenters. The molecule has 0 aliphatic rings. The lowest BCUT2D eigenvalue weighted by Crippen LogP contribution is -2.35. The summed E-state index contributed by atoms with van der Waals surface area (Å²) in [7, 11) is 1.50. The van der Waals surface area contributed by atoms with E-state index in [2.05, 4.69) is 10.3 Å². The summed E-state index contributed by atoms with van der Waals surface area (Å²) in [4.78, 5) is 15.7. The molecule has 5 nitrogen and oxygen atoms in total. The Hall–Kier alpha value is -1.46. The molecule has 1 aromatic heterocycles. The molecule has 1 aromatic rings. The molecule has 0 aromatic carbocycles. The number of ether oxygens (including phenoxy) is 1. The summed E-state index contributed by atoms with van der Waals surface area (Å²) in [5.41, 5.74) is 1.74. The predicted molar refractivity (Wildman–Crippen MR) is 63.6 cm³/mol. The van der Waals surface area contributed by atoms with Gasteiger partial charge in [0.15, 0.2) is 0 Å². The lowest BCUT2D eigenvalue weighted by molar-refractivity contribution is -0.121. The normalized spacial score (nSPS) is 12.2. The van der Waals surface area contributed by atoms with Gasteiger partial charge in [0.05, 0.1) is 24.8 Å². The molecule has 0 spiro atoms. The number of hydrogen-bond acceptors (Lipinski definition) is 4. The quantitative estimate of drug-likeness (QED) is 0.735. The van der Waals surface area contributed by atoms with Gasteiger partial charge in [-0.05, 0) is 18.6 Å². The summed E-state index contributed by atoms with van der Waals surface area (Å²) in [5.74, 6) is -0.151. The van der Waals surface area contributed by atoms with Crippen molar-refractivity contribution in [1.82, 2.24) is 10.3 Å². The second kappa shape index (κ2) is 6.98. The maximum absolute atomic E-state index is 11.6. The number of amides is 1. The predicted octanol–water partition coefficient (Wildman–Crippen LogP) is 0.0560. The smallest absolute Gasteiger partial charge is 0.226 e. The highest BCUT2D eigenvalue weighted by Gasteiger charge is 2.09. The number of carbonyl (C=O) groups excluding carboxylic acids is 1. The Kier molecular flexibility index (Phi) is 5.59. The lowest BCUT2D eigenvalue weighted by Gasteiger charge is -2.11. The van der Waals surface area contributed by atoms with Gasteiger partial charge in [-0.25, -0.2) is 0 Å². The van der Waals surface area contributed by atoms with Crippen LogP contribution in [0, 0.1) is 6.92 Å². The summed E-state index contributed by atoms with van der Waals surface area (Å²) < 4.78 is 4.76. The third-order valence-corrected chi connectivity index (χ3v) is 2.34. The summed E-state index contributed by atoms with van der Waals surface area (Å²) in [6.45, 7) is 2.32. The standard InChI is InChI=1S/C12H18N2O3/c1-9-4-3-5-13-11(9)6-12(16)14-7-10(15)8-17-2/h3-5,10,15H,6-8H2,1-2H3,(H,14,16). The van der Waals surface area contributed by atoms with Crippen molar-refractivity contribution >= 4 is 5.91 Å². The number of pyridine rings is 1. The third-order valence-electron chi connectivity index (χ3n) is 2.34. The van der Waals surface area contributed by atoms with Gasteiger partial charge in [-0.2, -0.15) is 0 Å². The molecular formula is C12H18N2O3. The SMILES string of the molecule is COCC(O)CNC(=O)Cc1ncccc1C. The average Bonchev–Trinajstić information content (AvgIpc) is 2.30. The van der Waals surface area contributed by atoms with Crippen LogP contribution < -0.4 is 5.32 Å². The zero-order valence-electron chi connectivity index (χ0n) is 10.1. The first kappa shape index (κ1) is 13.6. The van der Waals surface area contributed by atoms with E-state index in [1.165, 1.54) is 7.11 Å². The first-order valence-corrected chi connectivity index (χ1v) is 5.47. The summed E-state index contributed by atoms with van der Waals surface area (Å²) in [6, 6.07) is 3.74. The number of aromatic nitrogens is 1. The molecule has 1 amide bonds. The van der Waals surface area contributed by atoms with Crippen molar-refractivity contribution in [2.24, 2.45) is 0 Å². The number of nitrogens with one attached hydrogen (secondary N) is 1. The highest BCUT2D eigenvalue weighted by Crippen LogP contribution is 2.03. The Morgan fingerprint density at radius 2 is 2.41 bits per heavy atom. The third kappa shape index (κ3) is 4.93. The van der Waals surface area contributed by atoms with Gasteiger partial charge in [0.1, 0.15) is 0 Å². The first-order valence-electron chi connectivity index (χ1n) is 5.47. The Labute approximate surface area is 101 Å². The average molecular weight is 238 g/mol. The van der Waals surface area contributed by atoms with Crippen molar-refractivity contribution in [3.8, 4) is 0 Å². The van der Waals surface area contributed by atoms with Crippen molar-refractivity contribution in [1.29, 1.82) is 0 Å². The highest BCUT2D eigenvalue weighted by atomic mass is 16.5. The van der Waals surface area contributed by atoms with Crippen LogP contribution in [0.3, 0.4) is 0 Å². The maximum Gasteiger partial charge on any atom is 0.226 e. The first-order chi connectivity index (χ1) is 8.13. The zero-order chi connectivity index (χ0) is 12.7. The molecular weight excluding hydrogens is 220 g/mol. The molecule has 0 aliphatic carbocycles. The second-order valence-electron chi connectivity index (χ2n) is 3.86. The van der Waals surface area contributed by atoms with E-state index in [-0.39, 0.29) is 25.5 Å². The molecule has 1 heterocycles. The molecule has 2 N–H and O–H groups in total. The van der Waals surface area contributed by atoms with E-state index in [9.17, 15) is 9.90 Å². The number of nitrogens with zero attached hydrogens (tertiary/aromatic N) is 1. The number of methoxy groups -OCH3 is 1. The van der Waals surface area contributed by atoms with Gasteiger partial charge < -0.3 is 15.2 Å². The van der Waals surface area contributed by atoms with Gasteiger partial charge in [-0.15, -0.1) is 0 Å². The number of rotatable bonds is 6. The summed E-state index contributed by atoms with van der Waals surface area (Å²) in [5, 5.41) is 12.0. The largest absolute Gasteiger partial charge is 0.389 e. The lowest BCUT2D eigenvalue weighted by atomic mass is 10.1. The van der Waals surface area contributed by atoms with E-state index in [1.54, 1.807) is 6.20 Å². The molecule has 0 bridgehead atoms. The van der Waals surface area contributed by atoms with Crippen molar-refractivity contribution in [2.75, 3.05) is 20.3 Å². The van der Waals surface area contributed by atoms with E-state index in [1.807, 2.05) is 19.1 Å². The fraction of sp³-hybridized carbons (Fsp3) is 0.500. The van der Waals surface area contributed by atoms with Crippen molar-refractivity contribution < 1.29 is 14.6 Å². The van der Waals surface area contributed by atoms with Gasteiger partial charge in [0.2, 0.25) is 5.91 Å². The van der Waals surface area contributed by atoms with E-state index in [0.717, 1.165) is 11.3 Å². The molecule has 0 saturated heterocycles. The zero-order valence-corrected chi connectivity index (χ0v) is 10.1. The van der Waals surface area contributed by atoms with E-state index >= 15 is 0 Å². The molecule has 0 radical (unpaired) electrons. The van der Waals surface area contributed by atoms with Crippen LogP contribution in [0.4, 0.5) is 0 Å². The van der Waals surface area contributed by atoms with Crippen molar-refractivity contribution in [3.05, 3.63) is 29.6 Å². The highest BCUT2D eigenvalue weighted by molar-refractivity contribution is 5.78. The summed E-state index contributed by atoms with van der Waals surface area (Å²) >= 11 is 0. The van der Waals surface area contributed by atoms with Crippen LogP contribution >= 0.6 is 0 Å². The van der Waals surface area contributed by atoms with Crippen LogP contribution in [-0.4, -0.2) is 42.4 Å². The van der Waals surface area contributed by atoms with Gasteiger partial charge in [0, 0.05) is 19.9 Å². The Morgan fingerprint density at radius 1 is 1.65 bits per heavy atom. The van der Waals surface area contributed by atoms with Crippen LogP contribution in [-0.2, 0) is 16.0 Å². The number of aryl methyl sites for hydroxylation is 1. The molecule has 1 atom stereocenters. The Bertz CT molecular complexity index is 369. The van der Waals surface area contributed by atoms with Gasteiger partial charge in [-0.3, -0.25) is 9.78 Å². The minimum Gasteiger partial charge on any atom is -0.389 e. The maximum atomic E-state index is 11.6. The van der Waals surface area contributed by atoms with E-state index in [0.29, 0.717) is 0 Å². The molecule has 5 heteroatoms. The molecule has 0 aliphatic heterocycles. The topological polar surface area (TPSA) is 71.5 Å². The van der Waals surface area contributed by atoms with Gasteiger partial charge in [0.25, 0.3) is 0 Å². The number of carbonyl (C=O) groups is 1. The molecule has 17 heavy (non-hydrogen) atoms. The molecule has 1 rings (SSSR count). The second-order valence-corrected chi connectivity index (χ2v) is 3.86. The van der Waals surface area contributed by atoms with Gasteiger partial charge in [-0.1, -0.05) is 6.07 Å². The van der Waals surface area contributed by atoms with E-state index in [4.69, 9.17) is 4.74 Å². The molecule has 94 valence electrons. The fourth-order valence-corrected chi connectivity index (χ4v) is 1.40. The minimum absolute atomic E-state index is 0.151. The molecule has 0 fully saturated rings. The van der Waals surface area contributed by atoms with Crippen LogP contribution in [0.2, 0.25) is 0 Å². The Balaban J connectivity index is 2.37. The minimum atomic E-state index is -0.672. The molecule has 0 saturated carbocycles. The number of aliphatic hydroxyl groups excluding tert-OH is 1. The number of aliphatic hydroxyl groups is 1. The van der Waals surface area contributed by atoms with E-state index < -0.39 is 6.10 Å². The van der Waals surface area contributed by atoms with Crippen LogP contribution in [0.15, 0.2) is 18.3 Å². The summed E-state index contributed by atoms with van der Waals surface area (Å²) in [6.07, 6.45) is 1.22. The van der Waals surface area contributed by atoms with Crippen LogP contribution in [0.25, 0.3) is 0 Å². The monoisotopic (exact) mass is 238 g/mol.